The maximum atomic E-state index is 11.5. The Morgan fingerprint density at radius 2 is 2.10 bits per heavy atom. The number of ether oxygens (including phenoxy) is 1. The Balaban J connectivity index is 2.18. The van der Waals surface area contributed by atoms with Crippen LogP contribution in [0, 0.1) is 6.92 Å². The summed E-state index contributed by atoms with van der Waals surface area (Å²) in [5, 5.41) is 12.2. The molecule has 21 heavy (non-hydrogen) atoms. The summed E-state index contributed by atoms with van der Waals surface area (Å²) in [5.74, 6) is -1.39. The molecule has 0 atom stereocenters. The predicted molar refractivity (Wildman–Crippen MR) is 75.5 cm³/mol. The normalized spacial score (nSPS) is 10.2. The average molecular weight is 289 g/mol. The van der Waals surface area contributed by atoms with Crippen molar-refractivity contribution in [2.45, 2.75) is 13.5 Å². The molecule has 0 unspecified atom stereocenters. The summed E-state index contributed by atoms with van der Waals surface area (Å²) < 4.78 is 9.71. The SMILES string of the molecule is COC(=O)c1occc1CNc1cccc(C(=O)O)c1C. The number of hydrogen-bond donors (Lipinski definition) is 2. The molecule has 1 heterocycles. The Kier molecular flexibility index (Phi) is 4.27. The van der Waals surface area contributed by atoms with E-state index in [2.05, 4.69) is 10.1 Å². The highest BCUT2D eigenvalue weighted by Gasteiger charge is 2.16. The molecule has 0 bridgehead atoms. The molecule has 0 fully saturated rings. The van der Waals surface area contributed by atoms with Crippen LogP contribution in [0.25, 0.3) is 0 Å². The lowest BCUT2D eigenvalue weighted by Gasteiger charge is -2.11. The van der Waals surface area contributed by atoms with Gasteiger partial charge in [-0.05, 0) is 30.7 Å². The van der Waals surface area contributed by atoms with Crippen LogP contribution in [0.3, 0.4) is 0 Å². The molecule has 1 aromatic heterocycles. The highest BCUT2D eigenvalue weighted by molar-refractivity contribution is 5.91. The smallest absolute Gasteiger partial charge is 0.374 e. The van der Waals surface area contributed by atoms with Gasteiger partial charge in [-0.15, -0.1) is 0 Å². The first-order valence-corrected chi connectivity index (χ1v) is 6.26. The molecule has 0 aliphatic carbocycles. The van der Waals surface area contributed by atoms with Gasteiger partial charge in [-0.1, -0.05) is 6.07 Å². The van der Waals surface area contributed by atoms with Gasteiger partial charge in [-0.25, -0.2) is 9.59 Å². The number of rotatable bonds is 5. The van der Waals surface area contributed by atoms with Crippen molar-refractivity contribution in [3.05, 3.63) is 53.0 Å². The van der Waals surface area contributed by atoms with Gasteiger partial charge in [0.1, 0.15) is 0 Å². The van der Waals surface area contributed by atoms with Crippen LogP contribution in [0.5, 0.6) is 0 Å². The third kappa shape index (κ3) is 3.05. The Morgan fingerprint density at radius 1 is 1.33 bits per heavy atom. The summed E-state index contributed by atoms with van der Waals surface area (Å²) in [7, 11) is 1.28. The highest BCUT2D eigenvalue weighted by Crippen LogP contribution is 2.21. The number of anilines is 1. The zero-order chi connectivity index (χ0) is 15.4. The fourth-order valence-electron chi connectivity index (χ4n) is 2.00. The summed E-state index contributed by atoms with van der Waals surface area (Å²) in [6.07, 6.45) is 1.41. The van der Waals surface area contributed by atoms with E-state index in [1.807, 2.05) is 0 Å². The summed E-state index contributed by atoms with van der Waals surface area (Å²) in [6, 6.07) is 6.64. The maximum absolute atomic E-state index is 11.5. The van der Waals surface area contributed by atoms with E-state index in [0.29, 0.717) is 23.4 Å². The van der Waals surface area contributed by atoms with E-state index in [4.69, 9.17) is 9.52 Å². The summed E-state index contributed by atoms with van der Waals surface area (Å²) in [5.41, 5.74) is 2.20. The minimum Gasteiger partial charge on any atom is -0.478 e. The zero-order valence-electron chi connectivity index (χ0n) is 11.7. The number of carboxylic acids is 1. The lowest BCUT2D eigenvalue weighted by Crippen LogP contribution is -2.08. The van der Waals surface area contributed by atoms with Crippen molar-refractivity contribution in [1.82, 2.24) is 0 Å². The Hall–Kier alpha value is -2.76. The van der Waals surface area contributed by atoms with Crippen LogP contribution in [0.4, 0.5) is 5.69 Å². The molecule has 0 radical (unpaired) electrons. The van der Waals surface area contributed by atoms with Crippen LogP contribution in [0.2, 0.25) is 0 Å². The van der Waals surface area contributed by atoms with E-state index in [-0.39, 0.29) is 11.3 Å². The standard InChI is InChI=1S/C15H15NO5/c1-9-11(14(17)18)4-3-5-12(9)16-8-10-6-7-21-13(10)15(19)20-2/h3-7,16H,8H2,1-2H3,(H,17,18). The number of furan rings is 1. The number of carboxylic acid groups (broad SMARTS) is 1. The fraction of sp³-hybridized carbons (Fsp3) is 0.200. The van der Waals surface area contributed by atoms with E-state index >= 15 is 0 Å². The van der Waals surface area contributed by atoms with Crippen molar-refractivity contribution in [1.29, 1.82) is 0 Å². The molecule has 6 heteroatoms. The number of methoxy groups -OCH3 is 1. The van der Waals surface area contributed by atoms with Gasteiger partial charge in [0.25, 0.3) is 0 Å². The van der Waals surface area contributed by atoms with Crippen LogP contribution < -0.4 is 5.32 Å². The van der Waals surface area contributed by atoms with Crippen LogP contribution in [-0.4, -0.2) is 24.2 Å². The van der Waals surface area contributed by atoms with Gasteiger partial charge < -0.3 is 19.6 Å². The van der Waals surface area contributed by atoms with Gasteiger partial charge in [0.05, 0.1) is 18.9 Å². The molecule has 0 aliphatic rings. The molecule has 2 rings (SSSR count). The second-order valence-electron chi connectivity index (χ2n) is 4.40. The number of nitrogens with one attached hydrogen (secondary N) is 1. The lowest BCUT2D eigenvalue weighted by molar-refractivity contribution is 0.0563. The first-order chi connectivity index (χ1) is 10.0. The molecule has 0 aliphatic heterocycles. The molecule has 0 amide bonds. The molecule has 2 N–H and O–H groups in total. The van der Waals surface area contributed by atoms with Gasteiger partial charge in [-0.3, -0.25) is 0 Å². The second kappa shape index (κ2) is 6.13. The molecule has 110 valence electrons. The Morgan fingerprint density at radius 3 is 2.76 bits per heavy atom. The first kappa shape index (κ1) is 14.6. The minimum absolute atomic E-state index is 0.136. The lowest BCUT2D eigenvalue weighted by atomic mass is 10.1. The van der Waals surface area contributed by atoms with Gasteiger partial charge in [0.2, 0.25) is 5.76 Å². The maximum Gasteiger partial charge on any atom is 0.374 e. The largest absolute Gasteiger partial charge is 0.478 e. The van der Waals surface area contributed by atoms with Crippen LogP contribution in [-0.2, 0) is 11.3 Å². The van der Waals surface area contributed by atoms with Crippen LogP contribution in [0.1, 0.15) is 32.0 Å². The van der Waals surface area contributed by atoms with Crippen molar-refractivity contribution in [3.63, 3.8) is 0 Å². The van der Waals surface area contributed by atoms with E-state index in [9.17, 15) is 9.59 Å². The van der Waals surface area contributed by atoms with Crippen LogP contribution >= 0.6 is 0 Å². The summed E-state index contributed by atoms with van der Waals surface area (Å²) >= 11 is 0. The van der Waals surface area contributed by atoms with E-state index in [1.54, 1.807) is 31.2 Å². The van der Waals surface area contributed by atoms with E-state index in [0.717, 1.165) is 0 Å². The Labute approximate surface area is 121 Å². The van der Waals surface area contributed by atoms with Crippen molar-refractivity contribution in [3.8, 4) is 0 Å². The van der Waals surface area contributed by atoms with E-state index in [1.165, 1.54) is 13.4 Å². The summed E-state index contributed by atoms with van der Waals surface area (Å²) in [6.45, 7) is 2.05. The van der Waals surface area contributed by atoms with Gasteiger partial charge in [0, 0.05) is 17.8 Å². The molecule has 6 nitrogen and oxygen atoms in total. The van der Waals surface area contributed by atoms with Gasteiger partial charge in [-0.2, -0.15) is 0 Å². The number of hydrogen-bond acceptors (Lipinski definition) is 5. The quantitative estimate of drug-likeness (QED) is 0.823. The summed E-state index contributed by atoms with van der Waals surface area (Å²) in [4.78, 5) is 22.6. The van der Waals surface area contributed by atoms with Crippen molar-refractivity contribution in [2.24, 2.45) is 0 Å². The van der Waals surface area contributed by atoms with Crippen molar-refractivity contribution >= 4 is 17.6 Å². The van der Waals surface area contributed by atoms with E-state index < -0.39 is 11.9 Å². The molecule has 1 aromatic carbocycles. The molecule has 0 saturated carbocycles. The van der Waals surface area contributed by atoms with Gasteiger partial charge in [0.15, 0.2) is 0 Å². The molecule has 2 aromatic rings. The monoisotopic (exact) mass is 289 g/mol. The second-order valence-corrected chi connectivity index (χ2v) is 4.40. The third-order valence-electron chi connectivity index (χ3n) is 3.15. The van der Waals surface area contributed by atoms with Crippen molar-refractivity contribution in [2.75, 3.05) is 12.4 Å². The third-order valence-corrected chi connectivity index (χ3v) is 3.15. The van der Waals surface area contributed by atoms with Crippen molar-refractivity contribution < 1.29 is 23.8 Å². The predicted octanol–water partition coefficient (Wildman–Crippen LogP) is 2.68. The van der Waals surface area contributed by atoms with Gasteiger partial charge >= 0.3 is 11.9 Å². The molecular formula is C15H15NO5. The Bertz CT molecular complexity index is 674. The number of carbonyl (C=O) groups excluding carboxylic acids is 1. The number of esters is 1. The number of aromatic carboxylic acids is 1. The minimum atomic E-state index is -0.977. The zero-order valence-corrected chi connectivity index (χ0v) is 11.7. The topological polar surface area (TPSA) is 88.8 Å². The van der Waals surface area contributed by atoms with Crippen LogP contribution in [0.15, 0.2) is 34.9 Å². The fourth-order valence-corrected chi connectivity index (χ4v) is 2.00. The average Bonchev–Trinajstić information content (AvgIpc) is 2.93. The molecule has 0 spiro atoms. The number of benzene rings is 1. The first-order valence-electron chi connectivity index (χ1n) is 6.26. The molecule has 0 saturated heterocycles. The molecular weight excluding hydrogens is 274 g/mol. The number of carbonyl (C=O) groups is 2. The highest BCUT2D eigenvalue weighted by atomic mass is 16.5.